The van der Waals surface area contributed by atoms with Crippen LogP contribution in [0.3, 0.4) is 0 Å². The zero-order valence-electron chi connectivity index (χ0n) is 18.9. The van der Waals surface area contributed by atoms with E-state index in [1.54, 1.807) is 6.08 Å². The monoisotopic (exact) mass is 547 g/mol. The fourth-order valence-corrected chi connectivity index (χ4v) is 5.02. The Kier molecular flexibility index (Phi) is 9.00. The van der Waals surface area contributed by atoms with Gasteiger partial charge in [0.15, 0.2) is 11.5 Å². The topological polar surface area (TPSA) is 48.0 Å². The molecule has 0 atom stereocenters. The highest BCUT2D eigenvalue weighted by Crippen LogP contribution is 2.39. The van der Waals surface area contributed by atoms with Crippen molar-refractivity contribution >= 4 is 56.2 Å². The van der Waals surface area contributed by atoms with Gasteiger partial charge in [-0.1, -0.05) is 42.2 Å². The standard InChI is InChI=1S/C25H26BrNO4S2/c1-5-9-27-24(28)22(33-25(27)32)15-18-13-19(26)23(21(14-18)29-6-2)31-11-10-30-20-12-16(3)7-8-17(20)4/h5,7-8,12-15H,1,6,9-11H2,2-4H3/b22-15-. The average Bonchev–Trinajstić information content (AvgIpc) is 3.02. The molecule has 0 saturated carbocycles. The second-order valence-corrected chi connectivity index (χ2v) is 9.84. The zero-order valence-corrected chi connectivity index (χ0v) is 22.1. The van der Waals surface area contributed by atoms with E-state index in [4.69, 9.17) is 26.4 Å². The molecule has 5 nitrogen and oxygen atoms in total. The lowest BCUT2D eigenvalue weighted by atomic mass is 10.1. The molecule has 1 heterocycles. The summed E-state index contributed by atoms with van der Waals surface area (Å²) in [6.45, 7) is 11.3. The number of thiocarbonyl (C=S) groups is 1. The maximum absolute atomic E-state index is 12.6. The number of hydrogen-bond donors (Lipinski definition) is 0. The van der Waals surface area contributed by atoms with Crippen molar-refractivity contribution in [1.29, 1.82) is 0 Å². The van der Waals surface area contributed by atoms with Crippen molar-refractivity contribution in [2.24, 2.45) is 0 Å². The Labute approximate surface area is 212 Å². The number of benzene rings is 2. The Hall–Kier alpha value is -2.29. The highest BCUT2D eigenvalue weighted by Gasteiger charge is 2.31. The highest BCUT2D eigenvalue weighted by atomic mass is 79.9. The van der Waals surface area contributed by atoms with Crippen molar-refractivity contribution in [3.05, 3.63) is 69.1 Å². The van der Waals surface area contributed by atoms with Gasteiger partial charge in [-0.15, -0.1) is 6.58 Å². The average molecular weight is 549 g/mol. The first-order valence-corrected chi connectivity index (χ1v) is 12.5. The molecule has 2 aromatic carbocycles. The van der Waals surface area contributed by atoms with Gasteiger partial charge in [-0.2, -0.15) is 0 Å². The molecule has 0 radical (unpaired) electrons. The van der Waals surface area contributed by atoms with Gasteiger partial charge in [-0.25, -0.2) is 0 Å². The molecule has 174 valence electrons. The van der Waals surface area contributed by atoms with Crippen LogP contribution in [0.15, 0.2) is 52.4 Å². The summed E-state index contributed by atoms with van der Waals surface area (Å²) in [6, 6.07) is 9.87. The number of carbonyl (C=O) groups is 1. The minimum absolute atomic E-state index is 0.122. The zero-order chi connectivity index (χ0) is 24.0. The molecule has 0 N–H and O–H groups in total. The van der Waals surface area contributed by atoms with E-state index >= 15 is 0 Å². The van der Waals surface area contributed by atoms with Crippen molar-refractivity contribution < 1.29 is 19.0 Å². The lowest BCUT2D eigenvalue weighted by molar-refractivity contribution is -0.121. The first-order valence-electron chi connectivity index (χ1n) is 10.5. The van der Waals surface area contributed by atoms with E-state index in [1.165, 1.54) is 16.7 Å². The first kappa shape index (κ1) is 25.3. The molecule has 0 spiro atoms. The van der Waals surface area contributed by atoms with E-state index in [-0.39, 0.29) is 5.91 Å². The number of hydrogen-bond acceptors (Lipinski definition) is 6. The van der Waals surface area contributed by atoms with Gasteiger partial charge >= 0.3 is 0 Å². The maximum atomic E-state index is 12.6. The van der Waals surface area contributed by atoms with E-state index in [1.807, 2.05) is 51.1 Å². The molecule has 1 fully saturated rings. The van der Waals surface area contributed by atoms with Gasteiger partial charge in [-0.05, 0) is 77.7 Å². The molecule has 0 aliphatic carbocycles. The third-order valence-corrected chi connectivity index (χ3v) is 6.71. The van der Waals surface area contributed by atoms with Crippen molar-refractivity contribution in [2.75, 3.05) is 26.4 Å². The summed E-state index contributed by atoms with van der Waals surface area (Å²) < 4.78 is 19.0. The maximum Gasteiger partial charge on any atom is 0.266 e. The highest BCUT2D eigenvalue weighted by molar-refractivity contribution is 9.10. The minimum atomic E-state index is -0.122. The van der Waals surface area contributed by atoms with Gasteiger partial charge in [-0.3, -0.25) is 9.69 Å². The largest absolute Gasteiger partial charge is 0.490 e. The SMILES string of the molecule is C=CCN1C(=O)/C(=C/c2cc(Br)c(OCCOc3cc(C)ccc3C)c(OCC)c2)SC1=S. The van der Waals surface area contributed by atoms with E-state index < -0.39 is 0 Å². The Morgan fingerprint density at radius 2 is 1.88 bits per heavy atom. The molecule has 33 heavy (non-hydrogen) atoms. The Morgan fingerprint density at radius 1 is 1.12 bits per heavy atom. The number of ether oxygens (including phenoxy) is 3. The summed E-state index contributed by atoms with van der Waals surface area (Å²) in [5, 5.41) is 0. The minimum Gasteiger partial charge on any atom is -0.490 e. The van der Waals surface area contributed by atoms with Crippen LogP contribution in [-0.4, -0.2) is 41.5 Å². The molecule has 1 saturated heterocycles. The van der Waals surface area contributed by atoms with Crippen LogP contribution in [0.4, 0.5) is 0 Å². The van der Waals surface area contributed by atoms with Crippen LogP contribution in [0, 0.1) is 13.8 Å². The molecule has 1 aliphatic rings. The van der Waals surface area contributed by atoms with Crippen molar-refractivity contribution in [1.82, 2.24) is 4.90 Å². The normalized spacial score (nSPS) is 14.7. The fourth-order valence-electron chi connectivity index (χ4n) is 3.17. The van der Waals surface area contributed by atoms with E-state index in [2.05, 4.69) is 28.6 Å². The van der Waals surface area contributed by atoms with Gasteiger partial charge in [0.1, 0.15) is 23.3 Å². The predicted octanol–water partition coefficient (Wildman–Crippen LogP) is 6.31. The van der Waals surface area contributed by atoms with Crippen LogP contribution >= 0.6 is 39.9 Å². The summed E-state index contributed by atoms with van der Waals surface area (Å²) in [5.41, 5.74) is 3.04. The van der Waals surface area contributed by atoms with Gasteiger partial charge in [0.25, 0.3) is 5.91 Å². The Morgan fingerprint density at radius 3 is 2.61 bits per heavy atom. The molecular formula is C25H26BrNO4S2. The summed E-state index contributed by atoms with van der Waals surface area (Å²) in [5.74, 6) is 1.92. The summed E-state index contributed by atoms with van der Waals surface area (Å²) in [4.78, 5) is 14.7. The Balaban J connectivity index is 1.73. The van der Waals surface area contributed by atoms with Crippen LogP contribution in [0.2, 0.25) is 0 Å². The van der Waals surface area contributed by atoms with E-state index in [0.29, 0.717) is 47.1 Å². The van der Waals surface area contributed by atoms with Gasteiger partial charge in [0.2, 0.25) is 0 Å². The number of nitrogens with zero attached hydrogens (tertiary/aromatic N) is 1. The molecular weight excluding hydrogens is 522 g/mol. The van der Waals surface area contributed by atoms with Crippen LogP contribution in [0.5, 0.6) is 17.2 Å². The van der Waals surface area contributed by atoms with Gasteiger partial charge < -0.3 is 14.2 Å². The van der Waals surface area contributed by atoms with Crippen molar-refractivity contribution in [3.63, 3.8) is 0 Å². The molecule has 1 aliphatic heterocycles. The number of aryl methyl sites for hydroxylation is 2. The Bertz CT molecular complexity index is 1100. The first-order chi connectivity index (χ1) is 15.8. The number of carbonyl (C=O) groups excluding carboxylic acids is 1. The van der Waals surface area contributed by atoms with Gasteiger partial charge in [0.05, 0.1) is 16.0 Å². The summed E-state index contributed by atoms with van der Waals surface area (Å²) in [7, 11) is 0. The lowest BCUT2D eigenvalue weighted by Gasteiger charge is -2.16. The van der Waals surface area contributed by atoms with Gasteiger partial charge in [0, 0.05) is 6.54 Å². The molecule has 0 unspecified atom stereocenters. The summed E-state index contributed by atoms with van der Waals surface area (Å²) >= 11 is 10.2. The fraction of sp³-hybridized carbons (Fsp3) is 0.280. The van der Waals surface area contributed by atoms with Crippen LogP contribution in [0.25, 0.3) is 6.08 Å². The lowest BCUT2D eigenvalue weighted by Crippen LogP contribution is -2.27. The number of thioether (sulfide) groups is 1. The molecule has 8 heteroatoms. The van der Waals surface area contributed by atoms with Crippen LogP contribution < -0.4 is 14.2 Å². The molecule has 1 amide bonds. The van der Waals surface area contributed by atoms with Crippen molar-refractivity contribution in [3.8, 4) is 17.2 Å². The smallest absolute Gasteiger partial charge is 0.266 e. The number of rotatable bonds is 10. The van der Waals surface area contributed by atoms with Crippen LogP contribution in [0.1, 0.15) is 23.6 Å². The third-order valence-electron chi connectivity index (χ3n) is 4.75. The van der Waals surface area contributed by atoms with Crippen LogP contribution in [-0.2, 0) is 4.79 Å². The van der Waals surface area contributed by atoms with E-state index in [0.717, 1.165) is 26.9 Å². The second-order valence-electron chi connectivity index (χ2n) is 7.31. The van der Waals surface area contributed by atoms with Crippen molar-refractivity contribution in [2.45, 2.75) is 20.8 Å². The van der Waals surface area contributed by atoms with E-state index in [9.17, 15) is 4.79 Å². The second kappa shape index (κ2) is 11.7. The third kappa shape index (κ3) is 6.40. The molecule has 3 rings (SSSR count). The number of amides is 1. The molecule has 0 bridgehead atoms. The molecule has 2 aromatic rings. The molecule has 0 aromatic heterocycles. The number of halogens is 1. The summed E-state index contributed by atoms with van der Waals surface area (Å²) in [6.07, 6.45) is 3.47. The predicted molar refractivity (Wildman–Crippen MR) is 142 cm³/mol. The quantitative estimate of drug-likeness (QED) is 0.150.